The number of rotatable bonds is 6. The van der Waals surface area contributed by atoms with E-state index in [-0.39, 0.29) is 5.95 Å². The Balaban J connectivity index is 1.71. The van der Waals surface area contributed by atoms with E-state index in [2.05, 4.69) is 39.8 Å². The Morgan fingerprint density at radius 3 is 2.83 bits per heavy atom. The molecule has 3 heterocycles. The summed E-state index contributed by atoms with van der Waals surface area (Å²) in [5.74, 6) is 0.223. The number of aromatic nitrogens is 6. The van der Waals surface area contributed by atoms with Gasteiger partial charge in [-0.25, -0.2) is 9.20 Å². The van der Waals surface area contributed by atoms with Crippen LogP contribution in [0.5, 0.6) is 0 Å². The monoisotopic (exact) mass is 331 g/mol. The fraction of sp³-hybridized carbons (Fsp3) is 0.429. The third-order valence-electron chi connectivity index (χ3n) is 3.41. The average Bonchev–Trinajstić information content (AvgIpc) is 3.07. The Kier molecular flexibility index (Phi) is 4.14. The second kappa shape index (κ2) is 6.09. The topological polar surface area (TPSA) is 96.1 Å². The van der Waals surface area contributed by atoms with Crippen molar-refractivity contribution in [1.82, 2.24) is 29.4 Å². The smallest absolute Gasteiger partial charge is 0.240 e. The van der Waals surface area contributed by atoms with Crippen LogP contribution in [0.3, 0.4) is 0 Å². The maximum atomic E-state index is 5.70. The molecular weight excluding hydrogens is 310 g/mol. The molecule has 3 rings (SSSR count). The molecule has 0 amide bonds. The molecule has 122 valence electrons. The molecule has 0 aliphatic carbocycles. The summed E-state index contributed by atoms with van der Waals surface area (Å²) in [4.78, 5) is 8.28. The fourth-order valence-corrected chi connectivity index (χ4v) is 2.89. The summed E-state index contributed by atoms with van der Waals surface area (Å²) in [7, 11) is -1.06. The molecule has 8 nitrogen and oxygen atoms in total. The van der Waals surface area contributed by atoms with E-state index in [1.807, 2.05) is 6.20 Å². The summed E-state index contributed by atoms with van der Waals surface area (Å²) < 4.78 is 9.13. The minimum absolute atomic E-state index is 0.223. The maximum Gasteiger partial charge on any atom is 0.240 e. The fourth-order valence-electron chi connectivity index (χ4n) is 2.13. The van der Waals surface area contributed by atoms with E-state index >= 15 is 0 Å². The number of anilines is 1. The quantitative estimate of drug-likeness (QED) is 0.547. The van der Waals surface area contributed by atoms with Gasteiger partial charge in [0.05, 0.1) is 24.3 Å². The second-order valence-corrected chi connectivity index (χ2v) is 12.3. The highest BCUT2D eigenvalue weighted by Crippen LogP contribution is 2.18. The molecule has 9 heteroatoms. The highest BCUT2D eigenvalue weighted by Gasteiger charge is 2.13. The Bertz CT molecular complexity index is 805. The van der Waals surface area contributed by atoms with Gasteiger partial charge in [0.2, 0.25) is 5.95 Å². The zero-order chi connectivity index (χ0) is 16.4. The Morgan fingerprint density at radius 2 is 2.04 bits per heavy atom. The van der Waals surface area contributed by atoms with Crippen molar-refractivity contribution in [2.24, 2.45) is 0 Å². The van der Waals surface area contributed by atoms with E-state index in [1.54, 1.807) is 27.8 Å². The minimum atomic E-state index is -1.06. The summed E-state index contributed by atoms with van der Waals surface area (Å²) in [5, 5.41) is 8.50. The van der Waals surface area contributed by atoms with E-state index in [1.165, 1.54) is 0 Å². The number of nitrogens with zero attached hydrogens (tertiary/aromatic N) is 6. The second-order valence-electron chi connectivity index (χ2n) is 6.65. The SMILES string of the molecule is C[Si](C)(C)CCOCn1cc(-c2cncc3nc(N)nn23)cn1. The summed E-state index contributed by atoms with van der Waals surface area (Å²) in [6.07, 6.45) is 7.00. The number of nitrogens with two attached hydrogens (primary N) is 1. The predicted molar refractivity (Wildman–Crippen MR) is 90.5 cm³/mol. The first-order valence-electron chi connectivity index (χ1n) is 7.49. The lowest BCUT2D eigenvalue weighted by atomic mass is 10.3. The molecule has 2 N–H and O–H groups in total. The number of hydrogen-bond donors (Lipinski definition) is 1. The van der Waals surface area contributed by atoms with E-state index in [0.29, 0.717) is 12.4 Å². The summed E-state index contributed by atoms with van der Waals surface area (Å²) >= 11 is 0. The van der Waals surface area contributed by atoms with Crippen LogP contribution in [-0.2, 0) is 11.5 Å². The highest BCUT2D eigenvalue weighted by molar-refractivity contribution is 6.76. The molecule has 0 saturated heterocycles. The average molecular weight is 331 g/mol. The van der Waals surface area contributed by atoms with Crippen molar-refractivity contribution in [2.75, 3.05) is 12.3 Å². The maximum absolute atomic E-state index is 5.70. The normalized spacial score (nSPS) is 12.1. The van der Waals surface area contributed by atoms with Gasteiger partial charge in [0.15, 0.2) is 5.65 Å². The van der Waals surface area contributed by atoms with E-state index in [4.69, 9.17) is 10.5 Å². The third kappa shape index (κ3) is 3.74. The van der Waals surface area contributed by atoms with Crippen molar-refractivity contribution in [3.05, 3.63) is 24.8 Å². The van der Waals surface area contributed by atoms with E-state index in [9.17, 15) is 0 Å². The molecule has 0 aromatic carbocycles. The Hall–Kier alpha value is -2.26. The molecule has 0 atom stereocenters. The van der Waals surface area contributed by atoms with Gasteiger partial charge in [0.1, 0.15) is 6.73 Å². The molecule has 0 aliphatic rings. The van der Waals surface area contributed by atoms with Gasteiger partial charge in [-0.2, -0.15) is 10.1 Å². The van der Waals surface area contributed by atoms with Crippen LogP contribution in [0, 0.1) is 0 Å². The lowest BCUT2D eigenvalue weighted by molar-refractivity contribution is 0.0786. The van der Waals surface area contributed by atoms with Crippen molar-refractivity contribution in [3.8, 4) is 11.3 Å². The van der Waals surface area contributed by atoms with Gasteiger partial charge >= 0.3 is 0 Å². The van der Waals surface area contributed by atoms with Gasteiger partial charge in [-0.3, -0.25) is 4.98 Å². The summed E-state index contributed by atoms with van der Waals surface area (Å²) in [6, 6.07) is 1.14. The summed E-state index contributed by atoms with van der Waals surface area (Å²) in [6.45, 7) is 8.20. The first kappa shape index (κ1) is 15.6. The highest BCUT2D eigenvalue weighted by atomic mass is 28.3. The Morgan fingerprint density at radius 1 is 1.22 bits per heavy atom. The minimum Gasteiger partial charge on any atom is -0.366 e. The van der Waals surface area contributed by atoms with E-state index in [0.717, 1.165) is 23.9 Å². The van der Waals surface area contributed by atoms with Crippen LogP contribution >= 0.6 is 0 Å². The predicted octanol–water partition coefficient (Wildman–Crippen LogP) is 1.88. The molecule has 0 spiro atoms. The van der Waals surface area contributed by atoms with Crippen LogP contribution in [0.1, 0.15) is 0 Å². The zero-order valence-corrected chi connectivity index (χ0v) is 14.6. The molecule has 0 saturated carbocycles. The van der Waals surface area contributed by atoms with Gasteiger partial charge in [0, 0.05) is 26.4 Å². The lowest BCUT2D eigenvalue weighted by Crippen LogP contribution is -2.22. The van der Waals surface area contributed by atoms with Gasteiger partial charge in [-0.05, 0) is 6.04 Å². The van der Waals surface area contributed by atoms with Gasteiger partial charge in [0.25, 0.3) is 0 Å². The largest absolute Gasteiger partial charge is 0.366 e. The van der Waals surface area contributed by atoms with Crippen molar-refractivity contribution in [2.45, 2.75) is 32.4 Å². The van der Waals surface area contributed by atoms with Crippen LogP contribution in [-0.4, -0.2) is 44.0 Å². The van der Waals surface area contributed by atoms with Gasteiger partial charge < -0.3 is 10.5 Å². The first-order chi connectivity index (χ1) is 10.9. The number of hydrogen-bond acceptors (Lipinski definition) is 6. The molecule has 3 aromatic rings. The zero-order valence-electron chi connectivity index (χ0n) is 13.6. The van der Waals surface area contributed by atoms with Crippen LogP contribution < -0.4 is 5.73 Å². The van der Waals surface area contributed by atoms with Crippen molar-refractivity contribution >= 4 is 19.7 Å². The molecule has 0 aliphatic heterocycles. The van der Waals surface area contributed by atoms with Crippen LogP contribution in [0.2, 0.25) is 25.7 Å². The van der Waals surface area contributed by atoms with Crippen molar-refractivity contribution in [3.63, 3.8) is 0 Å². The first-order valence-corrected chi connectivity index (χ1v) is 11.2. The molecule has 23 heavy (non-hydrogen) atoms. The number of nitrogen functional groups attached to an aromatic ring is 1. The van der Waals surface area contributed by atoms with Gasteiger partial charge in [-0.1, -0.05) is 19.6 Å². The third-order valence-corrected chi connectivity index (χ3v) is 5.12. The number of ether oxygens (including phenoxy) is 1. The molecule has 0 fully saturated rings. The Labute approximate surface area is 135 Å². The van der Waals surface area contributed by atoms with Crippen LogP contribution in [0.15, 0.2) is 24.8 Å². The molecule has 0 unspecified atom stereocenters. The van der Waals surface area contributed by atoms with E-state index < -0.39 is 8.07 Å². The number of fused-ring (bicyclic) bond motifs is 1. The lowest BCUT2D eigenvalue weighted by Gasteiger charge is -2.15. The van der Waals surface area contributed by atoms with Crippen molar-refractivity contribution in [1.29, 1.82) is 0 Å². The summed E-state index contributed by atoms with van der Waals surface area (Å²) in [5.41, 5.74) is 7.94. The van der Waals surface area contributed by atoms with Gasteiger partial charge in [-0.15, -0.1) is 5.10 Å². The molecular formula is C14H21N7OSi. The van der Waals surface area contributed by atoms with Crippen LogP contribution in [0.25, 0.3) is 16.9 Å². The molecule has 3 aromatic heterocycles. The molecule has 0 bridgehead atoms. The van der Waals surface area contributed by atoms with Crippen molar-refractivity contribution < 1.29 is 4.74 Å². The standard InChI is InChI=1S/C14H21N7OSi/c1-23(2,3)5-4-22-10-20-9-11(6-17-20)12-7-16-8-13-18-14(15)19-21(12)13/h6-9H,4-5,10H2,1-3H3,(H2,15,19). The molecule has 0 radical (unpaired) electrons. The van der Waals surface area contributed by atoms with Crippen LogP contribution in [0.4, 0.5) is 5.95 Å².